The van der Waals surface area contributed by atoms with Crippen molar-refractivity contribution in [2.24, 2.45) is 5.84 Å². The lowest BCUT2D eigenvalue weighted by Gasteiger charge is -2.43. The summed E-state index contributed by atoms with van der Waals surface area (Å²) in [6.45, 7) is 10.9. The van der Waals surface area contributed by atoms with Gasteiger partial charge >= 0.3 is 0 Å². The van der Waals surface area contributed by atoms with E-state index >= 15 is 0 Å². The molecule has 0 aromatic heterocycles. The topological polar surface area (TPSA) is 60.2 Å². The SMILES string of the molecule is CNN1CCN2CCOCC2C1.NN1CCN2CCCC2C1. The second kappa shape index (κ2) is 8.01. The van der Waals surface area contributed by atoms with Crippen LogP contribution in [0.5, 0.6) is 0 Å². The number of hydrazine groups is 2. The Morgan fingerprint density at radius 1 is 0.955 bits per heavy atom. The molecule has 3 N–H and O–H groups in total. The molecular formula is C15H32N6O. The van der Waals surface area contributed by atoms with Gasteiger partial charge in [0, 0.05) is 57.9 Å². The molecule has 22 heavy (non-hydrogen) atoms. The molecule has 0 saturated carbocycles. The first-order valence-electron chi connectivity index (χ1n) is 8.74. The molecule has 128 valence electrons. The Hall–Kier alpha value is -0.280. The minimum Gasteiger partial charge on any atom is -0.378 e. The molecule has 0 bridgehead atoms. The molecule has 2 unspecified atom stereocenters. The predicted octanol–water partition coefficient (Wildman–Crippen LogP) is -1.22. The first kappa shape index (κ1) is 16.6. The number of hydrogen-bond acceptors (Lipinski definition) is 7. The maximum absolute atomic E-state index is 5.70. The number of piperazine rings is 2. The van der Waals surface area contributed by atoms with E-state index in [9.17, 15) is 0 Å². The van der Waals surface area contributed by atoms with Crippen LogP contribution in [0.4, 0.5) is 0 Å². The van der Waals surface area contributed by atoms with Gasteiger partial charge in [-0.1, -0.05) is 0 Å². The van der Waals surface area contributed by atoms with Crippen LogP contribution in [-0.4, -0.2) is 105 Å². The van der Waals surface area contributed by atoms with Gasteiger partial charge in [0.1, 0.15) is 0 Å². The van der Waals surface area contributed by atoms with E-state index in [2.05, 4.69) is 20.2 Å². The van der Waals surface area contributed by atoms with Gasteiger partial charge in [-0.05, 0) is 26.4 Å². The van der Waals surface area contributed by atoms with E-state index in [1.165, 1.54) is 32.5 Å². The highest BCUT2D eigenvalue weighted by molar-refractivity contribution is 4.85. The minimum absolute atomic E-state index is 0.611. The summed E-state index contributed by atoms with van der Waals surface area (Å²) in [5.74, 6) is 5.70. The van der Waals surface area contributed by atoms with Crippen LogP contribution in [-0.2, 0) is 4.74 Å². The zero-order valence-corrected chi connectivity index (χ0v) is 13.9. The molecule has 0 spiro atoms. The highest BCUT2D eigenvalue weighted by Crippen LogP contribution is 2.19. The van der Waals surface area contributed by atoms with Gasteiger partial charge in [0.05, 0.1) is 13.2 Å². The average molecular weight is 312 g/mol. The molecule has 7 nitrogen and oxygen atoms in total. The van der Waals surface area contributed by atoms with E-state index in [4.69, 9.17) is 10.6 Å². The number of rotatable bonds is 1. The van der Waals surface area contributed by atoms with Crippen LogP contribution in [0, 0.1) is 0 Å². The number of fused-ring (bicyclic) bond motifs is 2. The molecule has 0 aliphatic carbocycles. The summed E-state index contributed by atoms with van der Waals surface area (Å²) in [6, 6.07) is 1.39. The fourth-order valence-electron chi connectivity index (χ4n) is 3.96. The first-order chi connectivity index (χ1) is 10.8. The molecule has 2 atom stereocenters. The van der Waals surface area contributed by atoms with Crippen LogP contribution in [0.3, 0.4) is 0 Å². The fraction of sp³-hybridized carbons (Fsp3) is 1.00. The van der Waals surface area contributed by atoms with Crippen molar-refractivity contribution in [3.8, 4) is 0 Å². The van der Waals surface area contributed by atoms with Crippen LogP contribution >= 0.6 is 0 Å². The zero-order chi connectivity index (χ0) is 15.4. The highest BCUT2D eigenvalue weighted by Gasteiger charge is 2.29. The Morgan fingerprint density at radius 2 is 1.77 bits per heavy atom. The Bertz CT molecular complexity index is 344. The van der Waals surface area contributed by atoms with E-state index in [-0.39, 0.29) is 0 Å². The molecule has 4 aliphatic heterocycles. The fourth-order valence-corrected chi connectivity index (χ4v) is 3.96. The number of nitrogens with zero attached hydrogens (tertiary/aromatic N) is 4. The van der Waals surface area contributed by atoms with Crippen molar-refractivity contribution in [1.82, 2.24) is 25.2 Å². The number of morpholine rings is 1. The molecule has 4 fully saturated rings. The third kappa shape index (κ3) is 4.17. The summed E-state index contributed by atoms with van der Waals surface area (Å²) in [5, 5.41) is 4.21. The van der Waals surface area contributed by atoms with Gasteiger partial charge in [-0.15, -0.1) is 0 Å². The van der Waals surface area contributed by atoms with Gasteiger partial charge in [0.2, 0.25) is 0 Å². The minimum atomic E-state index is 0.611. The van der Waals surface area contributed by atoms with Crippen LogP contribution in [0.25, 0.3) is 0 Å². The van der Waals surface area contributed by atoms with E-state index in [1.807, 2.05) is 12.1 Å². The molecule has 0 radical (unpaired) electrons. The molecule has 4 saturated heterocycles. The Morgan fingerprint density at radius 3 is 2.64 bits per heavy atom. The Labute approximate surface area is 134 Å². The molecule has 7 heteroatoms. The van der Waals surface area contributed by atoms with Crippen molar-refractivity contribution < 1.29 is 4.74 Å². The maximum atomic E-state index is 5.70. The van der Waals surface area contributed by atoms with Crippen molar-refractivity contribution in [2.75, 3.05) is 72.6 Å². The predicted molar refractivity (Wildman–Crippen MR) is 87.2 cm³/mol. The molecule has 0 aromatic rings. The van der Waals surface area contributed by atoms with Crippen LogP contribution < -0.4 is 11.3 Å². The van der Waals surface area contributed by atoms with Gasteiger partial charge in [-0.25, -0.2) is 10.0 Å². The van der Waals surface area contributed by atoms with Crippen LogP contribution in [0.15, 0.2) is 0 Å². The second-order valence-corrected chi connectivity index (χ2v) is 6.76. The van der Waals surface area contributed by atoms with Gasteiger partial charge in [0.15, 0.2) is 0 Å². The Kier molecular flexibility index (Phi) is 6.03. The van der Waals surface area contributed by atoms with Gasteiger partial charge in [0.25, 0.3) is 0 Å². The van der Waals surface area contributed by atoms with Gasteiger partial charge < -0.3 is 4.74 Å². The second-order valence-electron chi connectivity index (χ2n) is 6.76. The van der Waals surface area contributed by atoms with Crippen molar-refractivity contribution >= 4 is 0 Å². The quantitative estimate of drug-likeness (QED) is 0.588. The van der Waals surface area contributed by atoms with Crippen molar-refractivity contribution in [2.45, 2.75) is 24.9 Å². The van der Waals surface area contributed by atoms with Crippen LogP contribution in [0.2, 0.25) is 0 Å². The largest absolute Gasteiger partial charge is 0.378 e. The summed E-state index contributed by atoms with van der Waals surface area (Å²) in [7, 11) is 1.99. The zero-order valence-electron chi connectivity index (χ0n) is 13.9. The molecule has 4 aliphatic rings. The van der Waals surface area contributed by atoms with Crippen molar-refractivity contribution in [3.05, 3.63) is 0 Å². The van der Waals surface area contributed by atoms with Gasteiger partial charge in [-0.3, -0.25) is 21.1 Å². The van der Waals surface area contributed by atoms with E-state index < -0.39 is 0 Å². The molecule has 4 heterocycles. The molecule has 0 amide bonds. The van der Waals surface area contributed by atoms with Crippen molar-refractivity contribution in [3.63, 3.8) is 0 Å². The summed E-state index contributed by atoms with van der Waals surface area (Å²) in [6.07, 6.45) is 2.73. The van der Waals surface area contributed by atoms with E-state index in [1.54, 1.807) is 0 Å². The van der Waals surface area contributed by atoms with Gasteiger partial charge in [-0.2, -0.15) is 0 Å². The Balaban J connectivity index is 0.000000133. The average Bonchev–Trinajstić information content (AvgIpc) is 3.02. The lowest BCUT2D eigenvalue weighted by molar-refractivity contribution is -0.0533. The summed E-state index contributed by atoms with van der Waals surface area (Å²) in [5.41, 5.74) is 3.19. The van der Waals surface area contributed by atoms with Crippen molar-refractivity contribution in [1.29, 1.82) is 0 Å². The number of nitrogens with two attached hydrogens (primary N) is 1. The standard InChI is InChI=1S/C8H17N3O.C7H15N3/c1-9-11-3-2-10-4-5-12-7-8(10)6-11;8-10-5-4-9-3-1-2-7(9)6-10/h8-9H,2-7H2,1H3;7H,1-6,8H2. The number of nitrogens with one attached hydrogen (secondary N) is 1. The lowest BCUT2D eigenvalue weighted by Crippen LogP contribution is -2.60. The maximum Gasteiger partial charge on any atom is 0.0635 e. The summed E-state index contributed by atoms with van der Waals surface area (Å²) >= 11 is 0. The number of ether oxygens (including phenoxy) is 1. The number of hydrogen-bond donors (Lipinski definition) is 2. The normalized spacial score (nSPS) is 34.6. The van der Waals surface area contributed by atoms with E-state index in [0.717, 1.165) is 52.0 Å². The van der Waals surface area contributed by atoms with E-state index in [0.29, 0.717) is 6.04 Å². The first-order valence-corrected chi connectivity index (χ1v) is 8.74. The van der Waals surface area contributed by atoms with Crippen LogP contribution in [0.1, 0.15) is 12.8 Å². The molecule has 4 rings (SSSR count). The smallest absolute Gasteiger partial charge is 0.0635 e. The summed E-state index contributed by atoms with van der Waals surface area (Å²) in [4.78, 5) is 5.08. The third-order valence-corrected chi connectivity index (χ3v) is 5.37. The molecular weight excluding hydrogens is 280 g/mol. The molecule has 0 aromatic carbocycles. The highest BCUT2D eigenvalue weighted by atomic mass is 16.5. The lowest BCUT2D eigenvalue weighted by atomic mass is 10.2. The third-order valence-electron chi connectivity index (χ3n) is 5.37. The monoisotopic (exact) mass is 312 g/mol. The summed E-state index contributed by atoms with van der Waals surface area (Å²) < 4.78 is 5.44.